The van der Waals surface area contributed by atoms with E-state index < -0.39 is 51.8 Å². The van der Waals surface area contributed by atoms with E-state index >= 15 is 0 Å². The molecule has 0 heterocycles. The number of hydrogen-bond donors (Lipinski definition) is 2. The van der Waals surface area contributed by atoms with Gasteiger partial charge in [0.1, 0.15) is 12.7 Å². The van der Waals surface area contributed by atoms with Gasteiger partial charge in [-0.1, -0.05) is 194 Å². The molecule has 2 N–H and O–H groups in total. The van der Waals surface area contributed by atoms with Crippen molar-refractivity contribution in [2.75, 3.05) is 26.4 Å². The van der Waals surface area contributed by atoms with Crippen molar-refractivity contribution < 1.29 is 77.3 Å². The van der Waals surface area contributed by atoms with Crippen LogP contribution in [0.5, 0.6) is 0 Å². The molecule has 1 unspecified atom stereocenters. The van der Waals surface area contributed by atoms with Crippen LogP contribution in [0.2, 0.25) is 0 Å². The largest absolute Gasteiger partial charge is 1.00 e. The maximum absolute atomic E-state index is 12.6. The van der Waals surface area contributed by atoms with E-state index in [1.165, 1.54) is 141 Å². The molecule has 0 saturated carbocycles. The van der Waals surface area contributed by atoms with E-state index in [-0.39, 0.29) is 49.0 Å². The van der Waals surface area contributed by atoms with Crippen molar-refractivity contribution in [2.45, 2.75) is 232 Å². The molecule has 10 nitrogen and oxygen atoms in total. The maximum Gasteiger partial charge on any atom is 1.00 e. The average molecular weight is 801 g/mol. The van der Waals surface area contributed by atoms with Crippen LogP contribution in [-0.2, 0) is 32.7 Å². The minimum absolute atomic E-state index is 0. The minimum atomic E-state index is -4.86. The molecule has 0 radical (unpaired) electrons. The van der Waals surface area contributed by atoms with E-state index in [0.717, 1.165) is 38.5 Å². The molecule has 0 aromatic rings. The molecule has 12 heteroatoms. The van der Waals surface area contributed by atoms with Crippen molar-refractivity contribution in [1.29, 1.82) is 0 Å². The summed E-state index contributed by atoms with van der Waals surface area (Å²) in [5.74, 6) is -0.945. The molecular formula is C42H82NaO10P. The topological polar surface area (TPSA) is 152 Å². The number of esters is 2. The van der Waals surface area contributed by atoms with Gasteiger partial charge in [-0.05, 0) is 12.8 Å². The van der Waals surface area contributed by atoms with E-state index in [4.69, 9.17) is 19.1 Å². The number of aliphatic hydroxyl groups is 2. The predicted molar refractivity (Wildman–Crippen MR) is 213 cm³/mol. The summed E-state index contributed by atoms with van der Waals surface area (Å²) in [6.07, 6.45) is 34.7. The number of carbonyl (C=O) groups is 2. The van der Waals surface area contributed by atoms with E-state index in [0.29, 0.717) is 12.8 Å². The summed E-state index contributed by atoms with van der Waals surface area (Å²) in [5, 5.41) is 18.3. The number of unbranched alkanes of at least 4 members (excludes halogenated alkanes) is 28. The van der Waals surface area contributed by atoms with Crippen LogP contribution in [0, 0.1) is 0 Å². The summed E-state index contributed by atoms with van der Waals surface area (Å²) < 4.78 is 32.3. The van der Waals surface area contributed by atoms with Crippen molar-refractivity contribution in [3.05, 3.63) is 0 Å². The molecule has 0 amide bonds. The Kier molecular flexibility index (Phi) is 44.2. The zero-order valence-electron chi connectivity index (χ0n) is 35.2. The Labute approximate surface area is 353 Å². The van der Waals surface area contributed by atoms with Crippen LogP contribution in [0.25, 0.3) is 0 Å². The molecule has 54 heavy (non-hydrogen) atoms. The quantitative estimate of drug-likeness (QED) is 0.0271. The number of rotatable bonds is 42. The summed E-state index contributed by atoms with van der Waals surface area (Å²) >= 11 is 0. The number of phosphoric acid groups is 1. The van der Waals surface area contributed by atoms with Crippen molar-refractivity contribution >= 4 is 19.8 Å². The van der Waals surface area contributed by atoms with Gasteiger partial charge in [-0.15, -0.1) is 0 Å². The molecule has 0 saturated heterocycles. The summed E-state index contributed by atoms with van der Waals surface area (Å²) in [4.78, 5) is 37.1. The van der Waals surface area contributed by atoms with Gasteiger partial charge in [-0.3, -0.25) is 14.2 Å². The Morgan fingerprint density at radius 3 is 1.19 bits per heavy atom. The van der Waals surface area contributed by atoms with E-state index in [9.17, 15) is 24.2 Å². The van der Waals surface area contributed by atoms with Crippen LogP contribution in [-0.4, -0.2) is 60.8 Å². The first-order valence-corrected chi connectivity index (χ1v) is 23.4. The van der Waals surface area contributed by atoms with Crippen molar-refractivity contribution in [1.82, 2.24) is 0 Å². The number of hydrogen-bond acceptors (Lipinski definition) is 10. The first-order chi connectivity index (χ1) is 25.7. The third kappa shape index (κ3) is 41.6. The van der Waals surface area contributed by atoms with E-state index in [1.807, 2.05) is 0 Å². The second-order valence-electron chi connectivity index (χ2n) is 15.1. The Bertz CT molecular complexity index is 865. The summed E-state index contributed by atoms with van der Waals surface area (Å²) in [6, 6.07) is 0. The molecule has 0 aliphatic heterocycles. The molecule has 0 rings (SSSR count). The van der Waals surface area contributed by atoms with Crippen LogP contribution < -0.4 is 34.5 Å². The maximum atomic E-state index is 12.6. The molecule has 316 valence electrons. The number of phosphoric ester groups is 1. The van der Waals surface area contributed by atoms with Crippen LogP contribution in [0.4, 0.5) is 0 Å². The molecule has 0 aliphatic carbocycles. The van der Waals surface area contributed by atoms with Crippen LogP contribution in [0.3, 0.4) is 0 Å². The first kappa shape index (κ1) is 56.1. The van der Waals surface area contributed by atoms with Gasteiger partial charge in [-0.25, -0.2) is 0 Å². The van der Waals surface area contributed by atoms with Crippen LogP contribution >= 0.6 is 7.82 Å². The normalized spacial score (nSPS) is 13.6. The molecule has 0 aromatic heterocycles. The van der Waals surface area contributed by atoms with Gasteiger partial charge in [0.15, 0.2) is 6.10 Å². The second-order valence-corrected chi connectivity index (χ2v) is 16.5. The van der Waals surface area contributed by atoms with Crippen molar-refractivity contribution in [2.24, 2.45) is 0 Å². The predicted octanol–water partition coefficient (Wildman–Crippen LogP) is 7.82. The fourth-order valence-electron chi connectivity index (χ4n) is 6.34. The Morgan fingerprint density at radius 1 is 0.519 bits per heavy atom. The van der Waals surface area contributed by atoms with Crippen LogP contribution in [0.1, 0.15) is 219 Å². The fourth-order valence-corrected chi connectivity index (χ4v) is 7.12. The van der Waals surface area contributed by atoms with Gasteiger partial charge in [0.25, 0.3) is 7.82 Å². The molecular weight excluding hydrogens is 718 g/mol. The Hall–Kier alpha value is -0.0300. The smallest absolute Gasteiger partial charge is 0.756 e. The van der Waals surface area contributed by atoms with Crippen LogP contribution in [0.15, 0.2) is 0 Å². The third-order valence-electron chi connectivity index (χ3n) is 9.75. The average Bonchev–Trinajstić information content (AvgIpc) is 3.14. The number of ether oxygens (including phenoxy) is 2. The summed E-state index contributed by atoms with van der Waals surface area (Å²) in [7, 11) is -4.86. The van der Waals surface area contributed by atoms with Crippen molar-refractivity contribution in [3.63, 3.8) is 0 Å². The Morgan fingerprint density at radius 2 is 0.833 bits per heavy atom. The van der Waals surface area contributed by atoms with Gasteiger partial charge in [0.05, 0.1) is 19.8 Å². The number of carbonyl (C=O) groups excluding carboxylic acids is 2. The van der Waals surface area contributed by atoms with Gasteiger partial charge in [-0.2, -0.15) is 0 Å². The third-order valence-corrected chi connectivity index (χ3v) is 10.7. The van der Waals surface area contributed by atoms with Crippen molar-refractivity contribution in [3.8, 4) is 0 Å². The van der Waals surface area contributed by atoms with Gasteiger partial charge >= 0.3 is 41.5 Å². The van der Waals surface area contributed by atoms with Gasteiger partial charge in [0, 0.05) is 12.8 Å². The molecule has 3 atom stereocenters. The van der Waals surface area contributed by atoms with E-state index in [1.54, 1.807) is 0 Å². The molecule has 0 bridgehead atoms. The standard InChI is InChI=1S/C42H83O10P.Na/c1-3-5-7-9-11-13-15-17-19-21-23-25-27-29-31-33-41(45)49-37-40(38-51-53(47,48)50-36-39(44)35-43)52-42(46)34-32-30-28-26-24-22-20-18-16-14-12-10-8-6-4-2;/h39-40,43-44H,3-38H2,1-2H3,(H,47,48);/q;+1/p-1/t39-,40+;/m0./s1. The monoisotopic (exact) mass is 801 g/mol. The summed E-state index contributed by atoms with van der Waals surface area (Å²) in [6.45, 7) is 2.24. The summed E-state index contributed by atoms with van der Waals surface area (Å²) in [5.41, 5.74) is 0. The van der Waals surface area contributed by atoms with E-state index in [2.05, 4.69) is 18.4 Å². The zero-order valence-corrected chi connectivity index (χ0v) is 38.1. The zero-order chi connectivity index (χ0) is 39.1. The number of aliphatic hydroxyl groups excluding tert-OH is 2. The minimum Gasteiger partial charge on any atom is -0.756 e. The van der Waals surface area contributed by atoms with Gasteiger partial charge < -0.3 is 33.6 Å². The molecule has 0 fully saturated rings. The second kappa shape index (κ2) is 42.6. The Balaban J connectivity index is 0. The molecule has 0 aromatic carbocycles. The molecule has 0 aliphatic rings. The van der Waals surface area contributed by atoms with Gasteiger partial charge in [0.2, 0.25) is 0 Å². The SMILES string of the molecule is CCCCCCCCCCCCCCCCCC(=O)OC[C@H](COP(=O)([O-])OC[C@@H](O)CO)OC(=O)CCCCCCCCCCCCCCCCC.[Na+]. The first-order valence-electron chi connectivity index (χ1n) is 22.0. The molecule has 0 spiro atoms. The fraction of sp³-hybridized carbons (Fsp3) is 0.952.